The van der Waals surface area contributed by atoms with Crippen LogP contribution in [0.3, 0.4) is 0 Å². The van der Waals surface area contributed by atoms with Crippen molar-refractivity contribution in [3.63, 3.8) is 0 Å². The smallest absolute Gasteiger partial charge is 0.367 e. The van der Waals surface area contributed by atoms with Gasteiger partial charge in [-0.05, 0) is 69.8 Å². The zero-order valence-corrected chi connectivity index (χ0v) is 21.5. The first kappa shape index (κ1) is 25.6. The van der Waals surface area contributed by atoms with Crippen LogP contribution in [0.1, 0.15) is 39.5 Å². The van der Waals surface area contributed by atoms with Crippen LogP contribution >= 0.6 is 7.60 Å². The summed E-state index contributed by atoms with van der Waals surface area (Å²) in [5.74, 6) is 2.03. The van der Waals surface area contributed by atoms with Crippen LogP contribution < -0.4 is 10.5 Å². The Kier molecular flexibility index (Phi) is 8.78. The van der Waals surface area contributed by atoms with Crippen LogP contribution in [0.25, 0.3) is 22.2 Å². The minimum atomic E-state index is -3.28. The molecule has 35 heavy (non-hydrogen) atoms. The first-order chi connectivity index (χ1) is 17.0. The van der Waals surface area contributed by atoms with Crippen molar-refractivity contribution in [2.45, 2.75) is 39.5 Å². The van der Waals surface area contributed by atoms with E-state index >= 15 is 0 Å². The number of anilines is 1. The predicted molar refractivity (Wildman–Crippen MR) is 138 cm³/mol. The number of rotatable bonds is 10. The van der Waals surface area contributed by atoms with Gasteiger partial charge < -0.3 is 29.4 Å². The highest BCUT2D eigenvalue weighted by Gasteiger charge is 2.25. The lowest BCUT2D eigenvalue weighted by Crippen LogP contribution is -2.41. The van der Waals surface area contributed by atoms with Crippen LogP contribution in [-0.4, -0.2) is 59.0 Å². The van der Waals surface area contributed by atoms with Gasteiger partial charge in [0.15, 0.2) is 6.35 Å². The average Bonchev–Trinajstić information content (AvgIpc) is 3.23. The second kappa shape index (κ2) is 12.0. The van der Waals surface area contributed by atoms with Gasteiger partial charge in [0.05, 0.1) is 18.6 Å². The first-order valence-corrected chi connectivity index (χ1v) is 14.2. The van der Waals surface area contributed by atoms with Gasteiger partial charge in [-0.1, -0.05) is 18.6 Å². The fourth-order valence-corrected chi connectivity index (χ4v) is 5.55. The quantitative estimate of drug-likeness (QED) is 0.360. The molecule has 1 aromatic carbocycles. The Morgan fingerprint density at radius 3 is 2.54 bits per heavy atom. The van der Waals surface area contributed by atoms with Gasteiger partial charge in [-0.15, -0.1) is 0 Å². The van der Waals surface area contributed by atoms with E-state index in [0.717, 1.165) is 22.4 Å². The van der Waals surface area contributed by atoms with E-state index in [4.69, 9.17) is 19.5 Å². The van der Waals surface area contributed by atoms with E-state index in [-0.39, 0.29) is 19.6 Å². The molecule has 2 fully saturated rings. The number of nitrogens with zero attached hydrogens (tertiary/aromatic N) is 3. The molecule has 0 bridgehead atoms. The molecule has 1 aliphatic heterocycles. The molecule has 1 aliphatic carbocycles. The van der Waals surface area contributed by atoms with E-state index in [1.165, 1.54) is 51.6 Å². The van der Waals surface area contributed by atoms with Crippen LogP contribution in [0.4, 0.5) is 5.82 Å². The van der Waals surface area contributed by atoms with Gasteiger partial charge in [0, 0.05) is 18.3 Å². The minimum absolute atomic E-state index is 0.155. The van der Waals surface area contributed by atoms with Gasteiger partial charge in [0.2, 0.25) is 0 Å². The Balaban J connectivity index is 0.000000266. The highest BCUT2D eigenvalue weighted by Crippen LogP contribution is 2.48. The molecule has 0 radical (unpaired) electrons. The molecular weight excluding hydrogens is 465 g/mol. The van der Waals surface area contributed by atoms with Gasteiger partial charge in [0.1, 0.15) is 23.5 Å². The number of aromatic amines is 1. The van der Waals surface area contributed by atoms with E-state index in [0.29, 0.717) is 17.2 Å². The van der Waals surface area contributed by atoms with Gasteiger partial charge in [-0.25, -0.2) is 9.97 Å². The number of nitrogens with two attached hydrogens (primary N) is 1. The van der Waals surface area contributed by atoms with Crippen molar-refractivity contribution in [2.75, 3.05) is 44.9 Å². The van der Waals surface area contributed by atoms with Crippen molar-refractivity contribution >= 4 is 24.4 Å². The second-order valence-corrected chi connectivity index (χ2v) is 10.9. The molecule has 0 amide bonds. The highest BCUT2D eigenvalue weighted by atomic mass is 31.2. The summed E-state index contributed by atoms with van der Waals surface area (Å²) >= 11 is 0. The zero-order chi connectivity index (χ0) is 24.7. The molecule has 3 heterocycles. The number of nitrogen functional groups attached to an aromatic ring is 1. The second-order valence-electron chi connectivity index (χ2n) is 8.88. The van der Waals surface area contributed by atoms with E-state index in [1.54, 1.807) is 19.9 Å². The summed E-state index contributed by atoms with van der Waals surface area (Å²) in [7, 11) is -3.28. The molecule has 1 saturated carbocycles. The average molecular weight is 502 g/mol. The largest absolute Gasteiger partial charge is 0.481 e. The molecule has 5 rings (SSSR count). The summed E-state index contributed by atoms with van der Waals surface area (Å²) in [6.45, 7) is 8.28. The molecule has 9 nitrogen and oxygen atoms in total. The Bertz CT molecular complexity index is 1120. The lowest BCUT2D eigenvalue weighted by atomic mass is 9.84. The molecule has 10 heteroatoms. The van der Waals surface area contributed by atoms with E-state index in [1.807, 2.05) is 24.4 Å². The third kappa shape index (κ3) is 6.61. The maximum Gasteiger partial charge on any atom is 0.367 e. The summed E-state index contributed by atoms with van der Waals surface area (Å²) in [6, 6.07) is 7.38. The summed E-state index contributed by atoms with van der Waals surface area (Å²) in [5.41, 5.74) is 8.39. The van der Waals surface area contributed by atoms with Crippen LogP contribution in [-0.2, 0) is 13.6 Å². The van der Waals surface area contributed by atoms with Gasteiger partial charge in [-0.2, -0.15) is 0 Å². The maximum atomic E-state index is 12.5. The summed E-state index contributed by atoms with van der Waals surface area (Å²) < 4.78 is 28.7. The number of hydrogen-bond acceptors (Lipinski definition) is 8. The monoisotopic (exact) mass is 501 g/mol. The molecular formula is C25H36N5O4P. The van der Waals surface area contributed by atoms with Gasteiger partial charge in [-0.3, -0.25) is 4.57 Å². The number of likely N-dealkylation sites (tertiary alicyclic amines) is 1. The molecule has 3 N–H and O–H groups in total. The van der Waals surface area contributed by atoms with Crippen LogP contribution in [0.5, 0.6) is 5.75 Å². The molecule has 3 aromatic rings. The Morgan fingerprint density at radius 1 is 1.14 bits per heavy atom. The van der Waals surface area contributed by atoms with Crippen molar-refractivity contribution in [2.24, 2.45) is 5.92 Å². The third-order valence-electron chi connectivity index (χ3n) is 6.37. The van der Waals surface area contributed by atoms with Gasteiger partial charge >= 0.3 is 7.60 Å². The van der Waals surface area contributed by atoms with Crippen molar-refractivity contribution < 1.29 is 18.3 Å². The number of aromatic nitrogens is 3. The van der Waals surface area contributed by atoms with Crippen molar-refractivity contribution in [1.29, 1.82) is 0 Å². The SMILES string of the molecule is C1CC(CN2CCC2)C1.CCOP(=O)(COc1cccc(-c2c[nH]c3ncnc(N)c23)c1)OCC. The third-order valence-corrected chi connectivity index (χ3v) is 8.12. The maximum absolute atomic E-state index is 12.5. The van der Waals surface area contributed by atoms with Crippen LogP contribution in [0, 0.1) is 5.92 Å². The molecule has 2 aromatic heterocycles. The van der Waals surface area contributed by atoms with Crippen molar-refractivity contribution in [3.05, 3.63) is 36.8 Å². The summed E-state index contributed by atoms with van der Waals surface area (Å²) in [6.07, 6.45) is 9.05. The lowest BCUT2D eigenvalue weighted by Gasteiger charge is -2.37. The molecule has 0 spiro atoms. The number of benzene rings is 1. The fraction of sp³-hybridized carbons (Fsp3) is 0.520. The predicted octanol–water partition coefficient (Wildman–Crippen LogP) is 5.30. The van der Waals surface area contributed by atoms with Gasteiger partial charge in [0.25, 0.3) is 0 Å². The van der Waals surface area contributed by atoms with E-state index in [9.17, 15) is 4.57 Å². The number of nitrogens with one attached hydrogen (secondary N) is 1. The Labute approximate surface area is 206 Å². The molecule has 1 saturated heterocycles. The standard InChI is InChI=1S/C17H21N4O4P.C8H15N/c1-3-24-26(22,25-4-2)11-23-13-7-5-6-12(8-13)14-9-19-17-15(14)16(18)20-10-21-17;1-3-8(4-1)7-9-5-2-6-9/h5-10H,3-4,11H2,1-2H3,(H3,18,19,20,21);8H,1-7H2. The lowest BCUT2D eigenvalue weighted by molar-refractivity contribution is 0.121. The van der Waals surface area contributed by atoms with E-state index < -0.39 is 7.60 Å². The molecule has 0 unspecified atom stereocenters. The highest BCUT2D eigenvalue weighted by molar-refractivity contribution is 7.53. The molecule has 0 atom stereocenters. The summed E-state index contributed by atoms with van der Waals surface area (Å²) in [5, 5.41) is 0.749. The number of hydrogen-bond donors (Lipinski definition) is 2. The van der Waals surface area contributed by atoms with Crippen molar-refractivity contribution in [1.82, 2.24) is 19.9 Å². The Hall–Kier alpha value is -2.45. The normalized spacial score (nSPS) is 16.3. The topological polar surface area (TPSA) is 116 Å². The van der Waals surface area contributed by atoms with Crippen LogP contribution in [0.2, 0.25) is 0 Å². The van der Waals surface area contributed by atoms with Crippen LogP contribution in [0.15, 0.2) is 36.8 Å². The Morgan fingerprint density at radius 2 is 1.91 bits per heavy atom. The fourth-order valence-electron chi connectivity index (χ4n) is 4.23. The zero-order valence-electron chi connectivity index (χ0n) is 20.6. The minimum Gasteiger partial charge on any atom is -0.481 e. The number of H-pyrrole nitrogens is 1. The molecule has 190 valence electrons. The number of fused-ring (bicyclic) bond motifs is 1. The first-order valence-electron chi connectivity index (χ1n) is 12.4. The number of ether oxygens (including phenoxy) is 1. The molecule has 2 aliphatic rings. The summed E-state index contributed by atoms with van der Waals surface area (Å²) in [4.78, 5) is 13.9. The van der Waals surface area contributed by atoms with E-state index in [2.05, 4.69) is 19.9 Å². The van der Waals surface area contributed by atoms with Crippen molar-refractivity contribution in [3.8, 4) is 16.9 Å².